The molecular formula is C24H33N3O4. The highest BCUT2D eigenvalue weighted by Crippen LogP contribution is 2.38. The van der Waals surface area contributed by atoms with Crippen LogP contribution >= 0.6 is 0 Å². The van der Waals surface area contributed by atoms with Gasteiger partial charge in [-0.25, -0.2) is 0 Å². The summed E-state index contributed by atoms with van der Waals surface area (Å²) in [5.41, 5.74) is 3.29. The lowest BCUT2D eigenvalue weighted by Gasteiger charge is -2.17. The van der Waals surface area contributed by atoms with Crippen LogP contribution in [0.5, 0.6) is 23.0 Å². The number of benzene rings is 2. The SMILES string of the molecule is CN=C(NCc1cc(OC)c(OC)c(OC)c1)NCc1ccc(C)cc1OCC1CC1. The second-order valence-electron chi connectivity index (χ2n) is 7.68. The number of hydrogen-bond acceptors (Lipinski definition) is 5. The van der Waals surface area contributed by atoms with Crippen molar-refractivity contribution in [2.75, 3.05) is 35.0 Å². The fourth-order valence-corrected chi connectivity index (χ4v) is 3.26. The molecular weight excluding hydrogens is 394 g/mol. The Morgan fingerprint density at radius 1 is 0.935 bits per heavy atom. The number of nitrogens with one attached hydrogen (secondary N) is 2. The molecule has 3 rings (SSSR count). The minimum absolute atomic E-state index is 0.551. The van der Waals surface area contributed by atoms with E-state index in [2.05, 4.69) is 40.7 Å². The molecule has 0 heterocycles. The van der Waals surface area contributed by atoms with E-state index in [9.17, 15) is 0 Å². The lowest BCUT2D eigenvalue weighted by Crippen LogP contribution is -2.36. The highest BCUT2D eigenvalue weighted by Gasteiger charge is 2.22. The van der Waals surface area contributed by atoms with Crippen molar-refractivity contribution >= 4 is 5.96 Å². The third kappa shape index (κ3) is 6.20. The zero-order chi connectivity index (χ0) is 22.2. The van der Waals surface area contributed by atoms with Gasteiger partial charge in [-0.1, -0.05) is 12.1 Å². The van der Waals surface area contributed by atoms with Crippen molar-refractivity contribution < 1.29 is 18.9 Å². The van der Waals surface area contributed by atoms with Crippen molar-refractivity contribution in [3.63, 3.8) is 0 Å². The maximum absolute atomic E-state index is 6.07. The number of methoxy groups -OCH3 is 3. The number of nitrogens with zero attached hydrogens (tertiary/aromatic N) is 1. The minimum Gasteiger partial charge on any atom is -0.493 e. The predicted octanol–water partition coefficient (Wildman–Crippen LogP) is 3.67. The van der Waals surface area contributed by atoms with Crippen LogP contribution in [-0.2, 0) is 13.1 Å². The number of aliphatic imine (C=N–C) groups is 1. The van der Waals surface area contributed by atoms with Crippen LogP contribution in [0.4, 0.5) is 0 Å². The van der Waals surface area contributed by atoms with Crippen molar-refractivity contribution in [2.24, 2.45) is 10.9 Å². The van der Waals surface area contributed by atoms with Crippen LogP contribution in [0.2, 0.25) is 0 Å². The first-order chi connectivity index (χ1) is 15.1. The molecule has 1 saturated carbocycles. The zero-order valence-electron chi connectivity index (χ0n) is 19.1. The van der Waals surface area contributed by atoms with Crippen LogP contribution in [0, 0.1) is 12.8 Å². The van der Waals surface area contributed by atoms with Gasteiger partial charge in [0, 0.05) is 25.7 Å². The summed E-state index contributed by atoms with van der Waals surface area (Å²) in [6, 6.07) is 10.2. The molecule has 7 heteroatoms. The summed E-state index contributed by atoms with van der Waals surface area (Å²) in [7, 11) is 6.57. The topological polar surface area (TPSA) is 73.3 Å². The molecule has 0 amide bonds. The standard InChI is InChI=1S/C24H33N3O4/c1-16-6-9-19(20(10-16)31-15-17-7-8-17)14-27-24(25-2)26-13-18-11-21(28-3)23(30-5)22(12-18)29-4/h6,9-12,17H,7-8,13-15H2,1-5H3,(H2,25,26,27). The van der Waals surface area contributed by atoms with E-state index in [1.165, 1.54) is 18.4 Å². The normalized spacial score (nSPS) is 13.5. The molecule has 0 aliphatic heterocycles. The Balaban J connectivity index is 1.61. The van der Waals surface area contributed by atoms with Crippen LogP contribution in [0.1, 0.15) is 29.5 Å². The van der Waals surface area contributed by atoms with Gasteiger partial charge in [-0.2, -0.15) is 0 Å². The highest BCUT2D eigenvalue weighted by atomic mass is 16.5. The zero-order valence-corrected chi connectivity index (χ0v) is 19.1. The molecule has 0 radical (unpaired) electrons. The van der Waals surface area contributed by atoms with Gasteiger partial charge in [0.15, 0.2) is 17.5 Å². The van der Waals surface area contributed by atoms with E-state index in [0.29, 0.717) is 42.2 Å². The molecule has 2 aromatic rings. The maximum atomic E-state index is 6.07. The van der Waals surface area contributed by atoms with Crippen LogP contribution in [-0.4, -0.2) is 40.9 Å². The van der Waals surface area contributed by atoms with Crippen LogP contribution < -0.4 is 29.6 Å². The minimum atomic E-state index is 0.551. The van der Waals surface area contributed by atoms with E-state index < -0.39 is 0 Å². The lowest BCUT2D eigenvalue weighted by molar-refractivity contribution is 0.296. The number of aryl methyl sites for hydroxylation is 1. The van der Waals surface area contributed by atoms with Gasteiger partial charge >= 0.3 is 0 Å². The first-order valence-corrected chi connectivity index (χ1v) is 10.5. The average Bonchev–Trinajstić information content (AvgIpc) is 3.62. The molecule has 1 aliphatic rings. The Hall–Kier alpha value is -3.09. The second kappa shape index (κ2) is 10.8. The molecule has 0 atom stereocenters. The quantitative estimate of drug-likeness (QED) is 0.445. The molecule has 0 bridgehead atoms. The maximum Gasteiger partial charge on any atom is 0.203 e. The molecule has 2 N–H and O–H groups in total. The summed E-state index contributed by atoms with van der Waals surface area (Å²) in [4.78, 5) is 4.33. The van der Waals surface area contributed by atoms with E-state index in [0.717, 1.165) is 23.5 Å². The molecule has 0 saturated heterocycles. The van der Waals surface area contributed by atoms with Gasteiger partial charge in [-0.3, -0.25) is 4.99 Å². The summed E-state index contributed by atoms with van der Waals surface area (Å²) in [5, 5.41) is 6.70. The molecule has 1 aliphatic carbocycles. The average molecular weight is 428 g/mol. The molecule has 1 fully saturated rings. The summed E-state index contributed by atoms with van der Waals surface area (Å²) >= 11 is 0. The van der Waals surface area contributed by atoms with Crippen molar-refractivity contribution in [3.05, 3.63) is 47.0 Å². The molecule has 0 spiro atoms. The van der Waals surface area contributed by atoms with E-state index in [1.54, 1.807) is 28.4 Å². The fourth-order valence-electron chi connectivity index (χ4n) is 3.26. The predicted molar refractivity (Wildman–Crippen MR) is 123 cm³/mol. The Morgan fingerprint density at radius 3 is 2.19 bits per heavy atom. The van der Waals surface area contributed by atoms with Gasteiger partial charge in [-0.05, 0) is 55.0 Å². The second-order valence-corrected chi connectivity index (χ2v) is 7.68. The summed E-state index contributed by atoms with van der Waals surface area (Å²) in [6.45, 7) is 4.05. The number of hydrogen-bond donors (Lipinski definition) is 2. The number of guanidine groups is 1. The van der Waals surface area contributed by atoms with Gasteiger partial charge in [-0.15, -0.1) is 0 Å². The van der Waals surface area contributed by atoms with Crippen molar-refractivity contribution in [1.29, 1.82) is 0 Å². The number of ether oxygens (including phenoxy) is 4. The van der Waals surface area contributed by atoms with E-state index in [4.69, 9.17) is 18.9 Å². The fraction of sp³-hybridized carbons (Fsp3) is 0.458. The van der Waals surface area contributed by atoms with Crippen molar-refractivity contribution in [3.8, 4) is 23.0 Å². The van der Waals surface area contributed by atoms with Gasteiger partial charge in [0.2, 0.25) is 5.75 Å². The van der Waals surface area contributed by atoms with Gasteiger partial charge in [0.25, 0.3) is 0 Å². The molecule has 168 valence electrons. The first-order valence-electron chi connectivity index (χ1n) is 10.5. The van der Waals surface area contributed by atoms with Crippen LogP contribution in [0.3, 0.4) is 0 Å². The Morgan fingerprint density at radius 2 is 1.61 bits per heavy atom. The van der Waals surface area contributed by atoms with Crippen molar-refractivity contribution in [1.82, 2.24) is 10.6 Å². The highest BCUT2D eigenvalue weighted by molar-refractivity contribution is 5.79. The van der Waals surface area contributed by atoms with Crippen LogP contribution in [0.15, 0.2) is 35.3 Å². The Kier molecular flexibility index (Phi) is 7.87. The van der Waals surface area contributed by atoms with Gasteiger partial charge < -0.3 is 29.6 Å². The summed E-state index contributed by atoms with van der Waals surface area (Å²) in [6.07, 6.45) is 2.55. The number of rotatable bonds is 10. The van der Waals surface area contributed by atoms with Crippen molar-refractivity contribution in [2.45, 2.75) is 32.9 Å². The first kappa shape index (κ1) is 22.6. The summed E-state index contributed by atoms with van der Waals surface area (Å²) in [5.74, 6) is 4.18. The van der Waals surface area contributed by atoms with Crippen LogP contribution in [0.25, 0.3) is 0 Å². The third-order valence-electron chi connectivity index (χ3n) is 5.25. The Labute approximate surface area is 184 Å². The molecule has 31 heavy (non-hydrogen) atoms. The largest absolute Gasteiger partial charge is 0.493 e. The van der Waals surface area contributed by atoms with E-state index in [1.807, 2.05) is 12.1 Å². The molecule has 7 nitrogen and oxygen atoms in total. The molecule has 0 aromatic heterocycles. The lowest BCUT2D eigenvalue weighted by atomic mass is 10.1. The smallest absolute Gasteiger partial charge is 0.203 e. The van der Waals surface area contributed by atoms with Gasteiger partial charge in [0.05, 0.1) is 27.9 Å². The molecule has 0 unspecified atom stereocenters. The third-order valence-corrected chi connectivity index (χ3v) is 5.25. The Bertz CT molecular complexity index is 885. The van der Waals surface area contributed by atoms with Gasteiger partial charge in [0.1, 0.15) is 5.75 Å². The van der Waals surface area contributed by atoms with E-state index >= 15 is 0 Å². The van der Waals surface area contributed by atoms with E-state index in [-0.39, 0.29) is 0 Å². The summed E-state index contributed by atoms with van der Waals surface area (Å²) < 4.78 is 22.3. The molecule has 2 aromatic carbocycles. The monoisotopic (exact) mass is 427 g/mol.